The molecule has 3 nitrogen and oxygen atoms in total. The van der Waals surface area contributed by atoms with E-state index in [4.69, 9.17) is 10.5 Å². The number of nitrogens with two attached hydrogens (primary N) is 1. The van der Waals surface area contributed by atoms with Crippen LogP contribution in [0.5, 0.6) is 0 Å². The Morgan fingerprint density at radius 1 is 1.67 bits per heavy atom. The van der Waals surface area contributed by atoms with Crippen LogP contribution in [0.4, 0.5) is 0 Å². The molecule has 1 heterocycles. The van der Waals surface area contributed by atoms with E-state index in [0.29, 0.717) is 12.0 Å². The van der Waals surface area contributed by atoms with E-state index in [9.17, 15) is 0 Å². The lowest BCUT2D eigenvalue weighted by Crippen LogP contribution is -2.27. The molecule has 0 aromatic rings. The van der Waals surface area contributed by atoms with Gasteiger partial charge in [0.1, 0.15) is 0 Å². The quantitative estimate of drug-likeness (QED) is 0.513. The summed E-state index contributed by atoms with van der Waals surface area (Å²) in [5.41, 5.74) is 5.48. The summed E-state index contributed by atoms with van der Waals surface area (Å²) in [6.07, 6.45) is 0.343. The molecule has 1 saturated heterocycles. The Balaban J connectivity index is 2.32. The fraction of sp³-hybridized carbons (Fsp3) is 1.00. The molecule has 1 aliphatic heterocycles. The lowest BCUT2D eigenvalue weighted by Gasteiger charge is -2.13. The van der Waals surface area contributed by atoms with Crippen molar-refractivity contribution in [3.63, 3.8) is 0 Å². The Kier molecular flexibility index (Phi) is 2.45. The topological polar surface area (TPSA) is 47.3 Å². The number of hydrogen-bond donors (Lipinski definition) is 2. The molecule has 0 bridgehead atoms. The van der Waals surface area contributed by atoms with Gasteiger partial charge in [0.05, 0.1) is 6.10 Å². The highest BCUT2D eigenvalue weighted by Gasteiger charge is 2.24. The van der Waals surface area contributed by atoms with Crippen molar-refractivity contribution >= 4 is 0 Å². The van der Waals surface area contributed by atoms with Crippen molar-refractivity contribution in [1.82, 2.24) is 5.32 Å². The van der Waals surface area contributed by atoms with Crippen LogP contribution in [0.3, 0.4) is 0 Å². The smallest absolute Gasteiger partial charge is 0.0747 e. The zero-order chi connectivity index (χ0) is 6.69. The Labute approximate surface area is 55.6 Å². The van der Waals surface area contributed by atoms with Gasteiger partial charge >= 0.3 is 0 Å². The van der Waals surface area contributed by atoms with E-state index in [1.807, 2.05) is 0 Å². The fourth-order valence-electron chi connectivity index (χ4n) is 1.22. The van der Waals surface area contributed by atoms with E-state index in [2.05, 4.69) is 5.32 Å². The number of nitrogens with one attached hydrogen (secondary N) is 1. The van der Waals surface area contributed by atoms with Crippen LogP contribution in [0.25, 0.3) is 0 Å². The minimum Gasteiger partial charge on any atom is -0.380 e. The van der Waals surface area contributed by atoms with E-state index in [1.165, 1.54) is 0 Å². The SMILES string of the molecule is CO[C@@H]1CNC[C@H]1CN. The maximum Gasteiger partial charge on any atom is 0.0747 e. The van der Waals surface area contributed by atoms with Gasteiger partial charge in [-0.25, -0.2) is 0 Å². The van der Waals surface area contributed by atoms with Crippen molar-refractivity contribution in [2.75, 3.05) is 26.7 Å². The summed E-state index contributed by atoms with van der Waals surface area (Å²) in [5.74, 6) is 0.523. The zero-order valence-corrected chi connectivity index (χ0v) is 5.76. The van der Waals surface area contributed by atoms with E-state index < -0.39 is 0 Å². The molecular weight excluding hydrogens is 116 g/mol. The maximum atomic E-state index is 5.48. The Bertz CT molecular complexity index is 77.1. The molecule has 0 radical (unpaired) electrons. The lowest BCUT2D eigenvalue weighted by molar-refractivity contribution is 0.0859. The summed E-state index contributed by atoms with van der Waals surface area (Å²) in [6.45, 7) is 2.69. The first-order chi connectivity index (χ1) is 4.38. The van der Waals surface area contributed by atoms with E-state index in [0.717, 1.165) is 19.6 Å². The normalized spacial score (nSPS) is 35.3. The average Bonchev–Trinajstić information content (AvgIpc) is 2.33. The molecule has 54 valence electrons. The monoisotopic (exact) mass is 130 g/mol. The summed E-state index contributed by atoms with van der Waals surface area (Å²) < 4.78 is 5.17. The molecule has 3 heteroatoms. The molecule has 1 aliphatic rings. The van der Waals surface area contributed by atoms with Gasteiger partial charge in [-0.15, -0.1) is 0 Å². The predicted octanol–water partition coefficient (Wildman–Crippen LogP) is -0.820. The van der Waals surface area contributed by atoms with E-state index >= 15 is 0 Å². The minimum atomic E-state index is 0.343. The van der Waals surface area contributed by atoms with Crippen LogP contribution in [0.2, 0.25) is 0 Å². The summed E-state index contributed by atoms with van der Waals surface area (Å²) in [5, 5.41) is 3.22. The van der Waals surface area contributed by atoms with Gasteiger partial charge in [-0.3, -0.25) is 0 Å². The van der Waals surface area contributed by atoms with Gasteiger partial charge in [-0.2, -0.15) is 0 Å². The molecule has 0 saturated carbocycles. The predicted molar refractivity (Wildman–Crippen MR) is 36.2 cm³/mol. The van der Waals surface area contributed by atoms with Crippen molar-refractivity contribution in [3.05, 3.63) is 0 Å². The zero-order valence-electron chi connectivity index (χ0n) is 5.76. The third-order valence-electron chi connectivity index (χ3n) is 1.88. The fourth-order valence-corrected chi connectivity index (χ4v) is 1.22. The van der Waals surface area contributed by atoms with Gasteiger partial charge < -0.3 is 15.8 Å². The Morgan fingerprint density at radius 3 is 2.89 bits per heavy atom. The molecular formula is C6H14N2O. The van der Waals surface area contributed by atoms with Crippen LogP contribution < -0.4 is 11.1 Å². The number of hydrogen-bond acceptors (Lipinski definition) is 3. The van der Waals surface area contributed by atoms with Crippen LogP contribution in [0.1, 0.15) is 0 Å². The van der Waals surface area contributed by atoms with Crippen molar-refractivity contribution < 1.29 is 4.74 Å². The molecule has 0 aromatic heterocycles. The molecule has 0 unspecified atom stereocenters. The lowest BCUT2D eigenvalue weighted by atomic mass is 10.1. The maximum absolute atomic E-state index is 5.48. The Hall–Kier alpha value is -0.120. The molecule has 1 rings (SSSR count). The first kappa shape index (κ1) is 6.99. The van der Waals surface area contributed by atoms with Gasteiger partial charge in [0.2, 0.25) is 0 Å². The van der Waals surface area contributed by atoms with Crippen LogP contribution in [-0.4, -0.2) is 32.8 Å². The van der Waals surface area contributed by atoms with Crippen molar-refractivity contribution in [1.29, 1.82) is 0 Å². The van der Waals surface area contributed by atoms with Crippen LogP contribution >= 0.6 is 0 Å². The second-order valence-corrected chi connectivity index (χ2v) is 2.43. The van der Waals surface area contributed by atoms with Gasteiger partial charge in [-0.1, -0.05) is 0 Å². The van der Waals surface area contributed by atoms with Gasteiger partial charge in [-0.05, 0) is 6.54 Å². The molecule has 0 aliphatic carbocycles. The number of methoxy groups -OCH3 is 1. The van der Waals surface area contributed by atoms with E-state index in [1.54, 1.807) is 7.11 Å². The molecule has 0 spiro atoms. The minimum absolute atomic E-state index is 0.343. The summed E-state index contributed by atoms with van der Waals surface area (Å²) >= 11 is 0. The highest BCUT2D eigenvalue weighted by Crippen LogP contribution is 2.09. The molecule has 0 aromatic carbocycles. The van der Waals surface area contributed by atoms with Crippen molar-refractivity contribution in [2.24, 2.45) is 11.7 Å². The molecule has 2 atom stereocenters. The average molecular weight is 130 g/mol. The second kappa shape index (κ2) is 3.15. The third kappa shape index (κ3) is 1.41. The second-order valence-electron chi connectivity index (χ2n) is 2.43. The van der Waals surface area contributed by atoms with Crippen LogP contribution in [-0.2, 0) is 4.74 Å². The standard InChI is InChI=1S/C6H14N2O/c1-9-6-4-8-3-5(6)2-7/h5-6,8H,2-4,7H2,1H3/t5-,6-/m1/s1. The van der Waals surface area contributed by atoms with Crippen molar-refractivity contribution in [3.8, 4) is 0 Å². The van der Waals surface area contributed by atoms with Crippen molar-refractivity contribution in [2.45, 2.75) is 6.10 Å². The Morgan fingerprint density at radius 2 is 2.44 bits per heavy atom. The number of rotatable bonds is 2. The molecule has 3 N–H and O–H groups in total. The van der Waals surface area contributed by atoms with Gasteiger partial charge in [0, 0.05) is 26.1 Å². The van der Waals surface area contributed by atoms with Crippen LogP contribution in [0, 0.1) is 5.92 Å². The largest absolute Gasteiger partial charge is 0.380 e. The summed E-state index contributed by atoms with van der Waals surface area (Å²) in [6, 6.07) is 0. The highest BCUT2D eigenvalue weighted by molar-refractivity contribution is 4.81. The summed E-state index contributed by atoms with van der Waals surface area (Å²) in [4.78, 5) is 0. The first-order valence-electron chi connectivity index (χ1n) is 3.32. The van der Waals surface area contributed by atoms with Gasteiger partial charge in [0.25, 0.3) is 0 Å². The molecule has 0 amide bonds. The van der Waals surface area contributed by atoms with E-state index in [-0.39, 0.29) is 0 Å². The molecule has 9 heavy (non-hydrogen) atoms. The van der Waals surface area contributed by atoms with Crippen LogP contribution in [0.15, 0.2) is 0 Å². The summed E-state index contributed by atoms with van der Waals surface area (Å²) in [7, 11) is 1.74. The molecule has 1 fully saturated rings. The number of ether oxygens (including phenoxy) is 1. The first-order valence-corrected chi connectivity index (χ1v) is 3.32. The van der Waals surface area contributed by atoms with Gasteiger partial charge in [0.15, 0.2) is 0 Å². The highest BCUT2D eigenvalue weighted by atomic mass is 16.5. The third-order valence-corrected chi connectivity index (χ3v) is 1.88.